The topological polar surface area (TPSA) is 107 Å². The zero-order valence-electron chi connectivity index (χ0n) is 24.4. The van der Waals surface area contributed by atoms with Crippen molar-refractivity contribution < 1.29 is 22.4 Å². The lowest BCUT2D eigenvalue weighted by molar-refractivity contribution is 0.0964. The van der Waals surface area contributed by atoms with Crippen molar-refractivity contribution in [1.82, 2.24) is 14.9 Å². The van der Waals surface area contributed by atoms with Gasteiger partial charge < -0.3 is 14.5 Å². The van der Waals surface area contributed by atoms with Gasteiger partial charge in [0.05, 0.1) is 41.3 Å². The number of anilines is 1. The van der Waals surface area contributed by atoms with Crippen LogP contribution in [-0.2, 0) is 10.0 Å². The second kappa shape index (κ2) is 10.6. The molecule has 6 aromatic rings. The standard InChI is InChI=1S/C33H30N4O5S/c1-20-9-11-21(12-10-20)32-31(33(38)34-2)26-17-25(28(18-30(26)42-32)36(3)43(5,39)40)22-13-14-27-29(15-22)37(19-35-27)23-7-6-8-24(16-23)41-4/h6-19H,1-5H3,(H,34,38). The average molecular weight is 595 g/mol. The Kier molecular flexibility index (Phi) is 6.94. The number of carbonyl (C=O) groups is 1. The molecule has 2 heterocycles. The number of carbonyl (C=O) groups excluding carboxylic acids is 1. The van der Waals surface area contributed by atoms with Gasteiger partial charge in [-0.1, -0.05) is 42.0 Å². The predicted molar refractivity (Wildman–Crippen MR) is 170 cm³/mol. The predicted octanol–water partition coefficient (Wildman–Crippen LogP) is 6.18. The fourth-order valence-electron chi connectivity index (χ4n) is 5.20. The van der Waals surface area contributed by atoms with Crippen molar-refractivity contribution in [3.8, 4) is 33.9 Å². The fraction of sp³-hybridized carbons (Fsp3) is 0.152. The first kappa shape index (κ1) is 28.0. The first-order chi connectivity index (χ1) is 20.6. The molecule has 1 amide bonds. The molecule has 0 aliphatic rings. The molecule has 0 radical (unpaired) electrons. The Balaban J connectivity index is 1.63. The van der Waals surface area contributed by atoms with Gasteiger partial charge in [-0.2, -0.15) is 0 Å². The summed E-state index contributed by atoms with van der Waals surface area (Å²) in [5, 5.41) is 3.30. The number of furan rings is 1. The lowest BCUT2D eigenvalue weighted by Crippen LogP contribution is -2.25. The number of aromatic nitrogens is 2. The largest absolute Gasteiger partial charge is 0.497 e. The van der Waals surface area contributed by atoms with Crippen LogP contribution in [-0.4, -0.2) is 51.3 Å². The second-order valence-electron chi connectivity index (χ2n) is 10.4. The molecule has 2 aromatic heterocycles. The lowest BCUT2D eigenvalue weighted by Gasteiger charge is -2.21. The Bertz CT molecular complexity index is 2130. The number of nitrogens with zero attached hydrogens (tertiary/aromatic N) is 3. The van der Waals surface area contributed by atoms with Gasteiger partial charge in [-0.3, -0.25) is 13.7 Å². The molecule has 4 aromatic carbocycles. The van der Waals surface area contributed by atoms with Gasteiger partial charge in [-0.05, 0) is 42.8 Å². The third kappa shape index (κ3) is 4.99. The van der Waals surface area contributed by atoms with Gasteiger partial charge in [0.2, 0.25) is 10.0 Å². The summed E-state index contributed by atoms with van der Waals surface area (Å²) in [4.78, 5) is 17.8. The van der Waals surface area contributed by atoms with Crippen LogP contribution >= 0.6 is 0 Å². The van der Waals surface area contributed by atoms with Crippen LogP contribution in [0.15, 0.2) is 89.6 Å². The van der Waals surface area contributed by atoms with Crippen molar-refractivity contribution in [2.75, 3.05) is 31.8 Å². The van der Waals surface area contributed by atoms with Crippen LogP contribution in [0.5, 0.6) is 5.75 Å². The van der Waals surface area contributed by atoms with Gasteiger partial charge in [-0.25, -0.2) is 13.4 Å². The normalized spacial score (nSPS) is 11.7. The van der Waals surface area contributed by atoms with Crippen LogP contribution in [0.25, 0.3) is 50.1 Å². The number of sulfonamides is 1. The Morgan fingerprint density at radius 1 is 1.00 bits per heavy atom. The van der Waals surface area contributed by atoms with Gasteiger partial charge in [0, 0.05) is 42.7 Å². The zero-order chi connectivity index (χ0) is 30.5. The third-order valence-corrected chi connectivity index (χ3v) is 8.79. The number of imidazole rings is 1. The summed E-state index contributed by atoms with van der Waals surface area (Å²) >= 11 is 0. The molecule has 0 unspecified atom stereocenters. The molecule has 0 saturated carbocycles. The highest BCUT2D eigenvalue weighted by Gasteiger charge is 2.26. The number of benzene rings is 4. The molecule has 0 saturated heterocycles. The molecule has 0 aliphatic carbocycles. The summed E-state index contributed by atoms with van der Waals surface area (Å²) < 4.78 is 40.5. The molecule has 0 bridgehead atoms. The van der Waals surface area contributed by atoms with Crippen LogP contribution in [0.3, 0.4) is 0 Å². The number of rotatable bonds is 7. The molecular formula is C33H30N4O5S. The van der Waals surface area contributed by atoms with Crippen LogP contribution in [0.2, 0.25) is 0 Å². The quantitative estimate of drug-likeness (QED) is 0.237. The smallest absolute Gasteiger partial charge is 0.255 e. The maximum atomic E-state index is 13.3. The first-order valence-electron chi connectivity index (χ1n) is 13.5. The maximum Gasteiger partial charge on any atom is 0.255 e. The number of methoxy groups -OCH3 is 1. The minimum Gasteiger partial charge on any atom is -0.497 e. The number of amides is 1. The molecular weight excluding hydrogens is 564 g/mol. The Morgan fingerprint density at radius 2 is 1.74 bits per heavy atom. The second-order valence-corrected chi connectivity index (χ2v) is 12.4. The SMILES string of the molecule is CNC(=O)c1c(-c2ccc(C)cc2)oc2cc(N(C)S(C)(=O)=O)c(-c3ccc4ncn(-c5cccc(OC)c5)c4c3)cc12. The van der Waals surface area contributed by atoms with Crippen molar-refractivity contribution in [2.45, 2.75) is 6.92 Å². The van der Waals surface area contributed by atoms with E-state index in [0.717, 1.165) is 39.7 Å². The molecule has 0 atom stereocenters. The van der Waals surface area contributed by atoms with Gasteiger partial charge in [0.1, 0.15) is 23.4 Å². The summed E-state index contributed by atoms with van der Waals surface area (Å²) in [5.74, 6) is 0.811. The third-order valence-electron chi connectivity index (χ3n) is 7.60. The number of hydrogen-bond donors (Lipinski definition) is 1. The Labute approximate surface area is 249 Å². The number of aryl methyl sites for hydroxylation is 1. The van der Waals surface area contributed by atoms with E-state index in [0.29, 0.717) is 39.3 Å². The average Bonchev–Trinajstić information content (AvgIpc) is 3.60. The van der Waals surface area contributed by atoms with Crippen molar-refractivity contribution in [2.24, 2.45) is 0 Å². The summed E-state index contributed by atoms with van der Waals surface area (Å²) in [7, 11) is 1.04. The molecule has 0 spiro atoms. The van der Waals surface area contributed by atoms with Gasteiger partial charge in [0.15, 0.2) is 0 Å². The fourth-order valence-corrected chi connectivity index (χ4v) is 5.71. The summed E-state index contributed by atoms with van der Waals surface area (Å²) in [5.41, 5.74) is 6.79. The van der Waals surface area contributed by atoms with Crippen molar-refractivity contribution in [1.29, 1.82) is 0 Å². The summed E-state index contributed by atoms with van der Waals surface area (Å²) in [6.45, 7) is 1.98. The molecule has 6 rings (SSSR count). The van der Waals surface area contributed by atoms with Gasteiger partial charge in [0.25, 0.3) is 5.91 Å². The number of nitrogens with one attached hydrogen (secondary N) is 1. The molecule has 0 fully saturated rings. The van der Waals surface area contributed by atoms with Gasteiger partial charge >= 0.3 is 0 Å². The van der Waals surface area contributed by atoms with E-state index in [1.165, 1.54) is 11.4 Å². The van der Waals surface area contributed by atoms with E-state index in [1.807, 2.05) is 84.3 Å². The number of fused-ring (bicyclic) bond motifs is 2. The summed E-state index contributed by atoms with van der Waals surface area (Å²) in [6.07, 6.45) is 2.89. The number of hydrogen-bond acceptors (Lipinski definition) is 6. The number of ether oxygens (including phenoxy) is 1. The van der Waals surface area contributed by atoms with Gasteiger partial charge in [-0.15, -0.1) is 0 Å². The first-order valence-corrected chi connectivity index (χ1v) is 15.4. The Hall–Kier alpha value is -5.09. The van der Waals surface area contributed by atoms with Crippen LogP contribution in [0.1, 0.15) is 15.9 Å². The molecule has 218 valence electrons. The molecule has 0 aliphatic heterocycles. The highest BCUT2D eigenvalue weighted by Crippen LogP contribution is 2.42. The molecule has 9 nitrogen and oxygen atoms in total. The monoisotopic (exact) mass is 594 g/mol. The molecule has 1 N–H and O–H groups in total. The molecule has 10 heteroatoms. The van der Waals surface area contributed by atoms with E-state index >= 15 is 0 Å². The highest BCUT2D eigenvalue weighted by molar-refractivity contribution is 7.92. The summed E-state index contributed by atoms with van der Waals surface area (Å²) in [6, 6.07) is 24.6. The van der Waals surface area contributed by atoms with E-state index in [9.17, 15) is 13.2 Å². The minimum absolute atomic E-state index is 0.309. The van der Waals surface area contributed by atoms with Crippen molar-refractivity contribution in [3.05, 3.63) is 96.3 Å². The maximum absolute atomic E-state index is 13.3. The van der Waals surface area contributed by atoms with Crippen LogP contribution in [0.4, 0.5) is 5.69 Å². The van der Waals surface area contributed by atoms with Crippen LogP contribution in [0, 0.1) is 6.92 Å². The minimum atomic E-state index is -3.65. The molecule has 43 heavy (non-hydrogen) atoms. The lowest BCUT2D eigenvalue weighted by atomic mass is 9.98. The van der Waals surface area contributed by atoms with Crippen molar-refractivity contribution >= 4 is 43.6 Å². The van der Waals surface area contributed by atoms with E-state index in [2.05, 4.69) is 10.3 Å². The van der Waals surface area contributed by atoms with E-state index in [4.69, 9.17) is 9.15 Å². The Morgan fingerprint density at radius 3 is 2.44 bits per heavy atom. The highest BCUT2D eigenvalue weighted by atomic mass is 32.2. The van der Waals surface area contributed by atoms with Crippen LogP contribution < -0.4 is 14.4 Å². The van der Waals surface area contributed by atoms with Crippen molar-refractivity contribution in [3.63, 3.8) is 0 Å². The van der Waals surface area contributed by atoms with E-state index in [1.54, 1.807) is 26.6 Å². The zero-order valence-corrected chi connectivity index (χ0v) is 25.2. The van der Waals surface area contributed by atoms with E-state index in [-0.39, 0.29) is 5.91 Å². The van der Waals surface area contributed by atoms with E-state index < -0.39 is 10.0 Å².